The van der Waals surface area contributed by atoms with Gasteiger partial charge in [0.1, 0.15) is 0 Å². The lowest BCUT2D eigenvalue weighted by molar-refractivity contribution is 0.186. The van der Waals surface area contributed by atoms with E-state index >= 15 is 0 Å². The highest BCUT2D eigenvalue weighted by molar-refractivity contribution is 6.21. The van der Waals surface area contributed by atoms with Crippen molar-refractivity contribution in [2.75, 3.05) is 0 Å². The second-order valence-corrected chi connectivity index (χ2v) is 2.57. The van der Waals surface area contributed by atoms with Crippen molar-refractivity contribution in [1.29, 1.82) is 0 Å². The van der Waals surface area contributed by atoms with Crippen LogP contribution in [0, 0.1) is 0 Å². The summed E-state index contributed by atoms with van der Waals surface area (Å²) in [7, 11) is 0. The van der Waals surface area contributed by atoms with Crippen LogP contribution in [0.4, 0.5) is 0 Å². The molecule has 1 aliphatic rings. The molecule has 42 valence electrons. The normalized spacial score (nSPS) is 42.0. The van der Waals surface area contributed by atoms with Crippen LogP contribution in [0.5, 0.6) is 0 Å². The molecule has 1 nitrogen and oxygen atoms in total. The molecule has 0 aliphatic heterocycles. The van der Waals surface area contributed by atoms with Gasteiger partial charge in [-0.15, -0.1) is 11.6 Å². The van der Waals surface area contributed by atoms with Crippen molar-refractivity contribution in [2.24, 2.45) is 0 Å². The molecule has 1 N–H and O–H groups in total. The van der Waals surface area contributed by atoms with Gasteiger partial charge in [-0.25, -0.2) is 0 Å². The molecule has 2 atom stereocenters. The first-order chi connectivity index (χ1) is 3.30. The number of aliphatic hydroxyl groups is 1. The van der Waals surface area contributed by atoms with E-state index < -0.39 is 0 Å². The van der Waals surface area contributed by atoms with Gasteiger partial charge in [-0.3, -0.25) is 0 Å². The smallest absolute Gasteiger partial charge is 0.0703 e. The Balaban J connectivity index is 2.33. The number of rotatable bonds is 0. The van der Waals surface area contributed by atoms with E-state index in [4.69, 9.17) is 16.7 Å². The van der Waals surface area contributed by atoms with E-state index in [1.54, 1.807) is 0 Å². The van der Waals surface area contributed by atoms with E-state index in [0.29, 0.717) is 0 Å². The number of alkyl halides is 1. The first kappa shape index (κ1) is 5.39. The van der Waals surface area contributed by atoms with Gasteiger partial charge in [0.05, 0.1) is 11.5 Å². The Kier molecular flexibility index (Phi) is 1.55. The van der Waals surface area contributed by atoms with Crippen LogP contribution in [0.1, 0.15) is 19.3 Å². The monoisotopic (exact) mass is 120 g/mol. The number of halogens is 1. The Labute approximate surface area is 48.3 Å². The summed E-state index contributed by atoms with van der Waals surface area (Å²) < 4.78 is 0. The molecule has 0 unspecified atom stereocenters. The van der Waals surface area contributed by atoms with Crippen LogP contribution in [0.15, 0.2) is 0 Å². The summed E-state index contributed by atoms with van der Waals surface area (Å²) in [6.45, 7) is 0. The molecule has 0 aromatic rings. The fraction of sp³-hybridized carbons (Fsp3) is 1.00. The Morgan fingerprint density at radius 1 is 1.43 bits per heavy atom. The zero-order valence-corrected chi connectivity index (χ0v) is 4.86. The topological polar surface area (TPSA) is 20.2 Å². The molecule has 1 aliphatic carbocycles. The maximum Gasteiger partial charge on any atom is 0.0703 e. The molecule has 0 bridgehead atoms. The third-order valence-electron chi connectivity index (χ3n) is 1.40. The SMILES string of the molecule is O[C@@H]1CCC[C@H]1Cl. The lowest BCUT2D eigenvalue weighted by Crippen LogP contribution is -2.11. The molecular weight excluding hydrogens is 112 g/mol. The van der Waals surface area contributed by atoms with Crippen LogP contribution >= 0.6 is 11.6 Å². The minimum absolute atomic E-state index is 0.0417. The Hall–Kier alpha value is 0.250. The molecule has 0 saturated heterocycles. The molecule has 0 spiro atoms. The molecule has 2 heteroatoms. The van der Waals surface area contributed by atoms with Crippen molar-refractivity contribution in [3.63, 3.8) is 0 Å². The van der Waals surface area contributed by atoms with Gasteiger partial charge >= 0.3 is 0 Å². The van der Waals surface area contributed by atoms with Crippen molar-refractivity contribution < 1.29 is 5.11 Å². The molecule has 7 heavy (non-hydrogen) atoms. The highest BCUT2D eigenvalue weighted by Crippen LogP contribution is 2.23. The summed E-state index contributed by atoms with van der Waals surface area (Å²) in [6.07, 6.45) is 2.76. The molecule has 1 rings (SSSR count). The Bertz CT molecular complexity index is 57.1. The third kappa shape index (κ3) is 1.07. The van der Waals surface area contributed by atoms with Gasteiger partial charge in [-0.05, 0) is 19.3 Å². The predicted molar refractivity (Wildman–Crippen MR) is 29.5 cm³/mol. The van der Waals surface area contributed by atoms with E-state index in [1.807, 2.05) is 0 Å². The molecule has 0 radical (unpaired) electrons. The summed E-state index contributed by atoms with van der Waals surface area (Å²) in [5, 5.41) is 8.91. The van der Waals surface area contributed by atoms with Gasteiger partial charge in [0.2, 0.25) is 0 Å². The highest BCUT2D eigenvalue weighted by atomic mass is 35.5. The first-order valence-corrected chi connectivity index (χ1v) is 3.06. The number of hydrogen-bond acceptors (Lipinski definition) is 1. The average Bonchev–Trinajstić information content (AvgIpc) is 1.91. The van der Waals surface area contributed by atoms with Crippen LogP contribution < -0.4 is 0 Å². The fourth-order valence-corrected chi connectivity index (χ4v) is 1.18. The molecule has 0 heterocycles. The van der Waals surface area contributed by atoms with E-state index in [9.17, 15) is 0 Å². The summed E-state index contributed by atoms with van der Waals surface area (Å²) in [4.78, 5) is 0. The predicted octanol–water partition coefficient (Wildman–Crippen LogP) is 1.14. The van der Waals surface area contributed by atoms with Gasteiger partial charge in [0.25, 0.3) is 0 Å². The van der Waals surface area contributed by atoms with Gasteiger partial charge < -0.3 is 5.11 Å². The summed E-state index contributed by atoms with van der Waals surface area (Å²) in [6, 6.07) is 0. The molecule has 0 aromatic heterocycles. The summed E-state index contributed by atoms with van der Waals surface area (Å²) in [5.41, 5.74) is 0. The van der Waals surface area contributed by atoms with Crippen LogP contribution in [0.3, 0.4) is 0 Å². The maximum absolute atomic E-state index is 8.87. The van der Waals surface area contributed by atoms with Crippen LogP contribution in [-0.4, -0.2) is 16.6 Å². The van der Waals surface area contributed by atoms with Crippen molar-refractivity contribution >= 4 is 11.6 Å². The van der Waals surface area contributed by atoms with Gasteiger partial charge in [0.15, 0.2) is 0 Å². The third-order valence-corrected chi connectivity index (χ3v) is 1.91. The van der Waals surface area contributed by atoms with Crippen LogP contribution in [-0.2, 0) is 0 Å². The summed E-state index contributed by atoms with van der Waals surface area (Å²) in [5.74, 6) is 0. The molecule has 0 aromatic carbocycles. The molecule has 1 fully saturated rings. The minimum atomic E-state index is -0.221. The maximum atomic E-state index is 8.87. The first-order valence-electron chi connectivity index (χ1n) is 2.63. The fourth-order valence-electron chi connectivity index (χ4n) is 0.895. The minimum Gasteiger partial charge on any atom is -0.392 e. The second kappa shape index (κ2) is 2.01. The zero-order chi connectivity index (χ0) is 5.28. The van der Waals surface area contributed by atoms with Crippen LogP contribution in [0.2, 0.25) is 0 Å². The van der Waals surface area contributed by atoms with E-state index in [-0.39, 0.29) is 11.5 Å². The van der Waals surface area contributed by atoms with Gasteiger partial charge in [-0.1, -0.05) is 0 Å². The lowest BCUT2D eigenvalue weighted by Gasteiger charge is -2.01. The van der Waals surface area contributed by atoms with Crippen molar-refractivity contribution in [1.82, 2.24) is 0 Å². The van der Waals surface area contributed by atoms with Gasteiger partial charge in [-0.2, -0.15) is 0 Å². The largest absolute Gasteiger partial charge is 0.392 e. The average molecular weight is 121 g/mol. The van der Waals surface area contributed by atoms with Gasteiger partial charge in [0, 0.05) is 0 Å². The Morgan fingerprint density at radius 2 is 2.14 bits per heavy atom. The van der Waals surface area contributed by atoms with Crippen molar-refractivity contribution in [3.05, 3.63) is 0 Å². The van der Waals surface area contributed by atoms with E-state index in [0.717, 1.165) is 19.3 Å². The Morgan fingerprint density at radius 3 is 2.29 bits per heavy atom. The van der Waals surface area contributed by atoms with Crippen LogP contribution in [0.25, 0.3) is 0 Å². The molecule has 1 saturated carbocycles. The zero-order valence-electron chi connectivity index (χ0n) is 4.10. The standard InChI is InChI=1S/C5H9ClO/c6-4-2-1-3-5(4)7/h4-5,7H,1-3H2/t4-,5-/m1/s1. The van der Waals surface area contributed by atoms with E-state index in [2.05, 4.69) is 0 Å². The van der Waals surface area contributed by atoms with Crippen molar-refractivity contribution in [3.8, 4) is 0 Å². The highest BCUT2D eigenvalue weighted by Gasteiger charge is 2.21. The molecule has 0 amide bonds. The quantitative estimate of drug-likeness (QED) is 0.476. The van der Waals surface area contributed by atoms with Crippen molar-refractivity contribution in [2.45, 2.75) is 30.7 Å². The lowest BCUT2D eigenvalue weighted by atomic mass is 10.3. The number of hydrogen-bond donors (Lipinski definition) is 1. The second-order valence-electron chi connectivity index (χ2n) is 2.01. The number of aliphatic hydroxyl groups excluding tert-OH is 1. The molecular formula is C5H9ClO. The summed E-state index contributed by atoms with van der Waals surface area (Å²) >= 11 is 5.61. The van der Waals surface area contributed by atoms with E-state index in [1.165, 1.54) is 0 Å².